The van der Waals surface area contributed by atoms with Gasteiger partial charge in [0.05, 0.1) is 0 Å². The zero-order valence-electron chi connectivity index (χ0n) is 22.3. The molecule has 0 unspecified atom stereocenters. The van der Waals surface area contributed by atoms with Gasteiger partial charge in [0.15, 0.2) is 0 Å². The van der Waals surface area contributed by atoms with Gasteiger partial charge in [-0.2, -0.15) is 8.42 Å². The summed E-state index contributed by atoms with van der Waals surface area (Å²) in [7, 11) is -4.31. The molecule has 0 aromatic heterocycles. The Kier molecular flexibility index (Phi) is 7.81. The van der Waals surface area contributed by atoms with Crippen molar-refractivity contribution in [2.75, 3.05) is 0 Å². The van der Waals surface area contributed by atoms with Crippen LogP contribution in [-0.4, -0.2) is 36.0 Å². The molecule has 0 atom stereocenters. The van der Waals surface area contributed by atoms with Crippen LogP contribution in [-0.2, 0) is 10.1 Å². The van der Waals surface area contributed by atoms with Crippen LogP contribution in [0.25, 0.3) is 55.2 Å². The van der Waals surface area contributed by atoms with E-state index in [0.29, 0.717) is 10.9 Å². The van der Waals surface area contributed by atoms with Crippen LogP contribution < -0.4 is 0 Å². The summed E-state index contributed by atoms with van der Waals surface area (Å²) in [5, 5.41) is 8.44. The maximum absolute atomic E-state index is 11.7. The summed E-state index contributed by atoms with van der Waals surface area (Å²) in [5.41, 5.74) is 1.60. The molecule has 0 amide bonds. The van der Waals surface area contributed by atoms with Gasteiger partial charge < -0.3 is 2.85 Å². The van der Waals surface area contributed by atoms with Crippen molar-refractivity contribution in [2.24, 2.45) is 0 Å². The minimum Gasteiger partial charge on any atom is -1.00 e. The Morgan fingerprint density at radius 1 is 0.541 bits per heavy atom. The van der Waals surface area contributed by atoms with E-state index >= 15 is 0 Å². The van der Waals surface area contributed by atoms with Crippen LogP contribution >= 0.6 is 0 Å². The van der Waals surface area contributed by atoms with Crippen LogP contribution in [0.1, 0.15) is 14.0 Å². The molecule has 180 valence electrons. The molecule has 0 heterocycles. The summed E-state index contributed by atoms with van der Waals surface area (Å²) < 4.78 is 32.8. The molecule has 0 fully saturated rings. The zero-order chi connectivity index (χ0) is 25.3. The van der Waals surface area contributed by atoms with E-state index in [1.54, 1.807) is 12.1 Å². The van der Waals surface area contributed by atoms with E-state index in [-0.39, 0.29) is 30.8 Å². The zero-order valence-corrected chi connectivity index (χ0v) is 22.5. The van der Waals surface area contributed by atoms with E-state index in [1.165, 1.54) is 33.2 Å². The molecule has 0 saturated carbocycles. The van der Waals surface area contributed by atoms with E-state index in [1.807, 2.05) is 42.5 Å². The fourth-order valence-corrected chi connectivity index (χ4v) is 5.67. The molecular weight excluding hydrogens is 489 g/mol. The normalized spacial score (nSPS) is 11.1. The van der Waals surface area contributed by atoms with Gasteiger partial charge in [0.1, 0.15) is 4.90 Å². The van der Waals surface area contributed by atoms with Crippen molar-refractivity contribution < 1.29 is 15.8 Å². The van der Waals surface area contributed by atoms with Crippen molar-refractivity contribution in [1.29, 1.82) is 0 Å². The molecule has 0 aliphatic rings. The Balaban J connectivity index is 0.000000259. The van der Waals surface area contributed by atoms with Crippen molar-refractivity contribution in [1.82, 2.24) is 0 Å². The SMILES string of the molecule is C=Cc1ccc2c(ccc3ccccc32)c1S(=O)(=O)O.C=Cc1cccc2c1ccc1ccccc12.[H-].[H-].[Mg+2]. The molecular formula is C32H26MgO3S. The van der Waals surface area contributed by atoms with E-state index in [4.69, 9.17) is 0 Å². The third-order valence-corrected chi connectivity index (χ3v) is 7.40. The van der Waals surface area contributed by atoms with Crippen molar-refractivity contribution in [3.8, 4) is 0 Å². The quantitative estimate of drug-likeness (QED) is 0.147. The van der Waals surface area contributed by atoms with Crippen molar-refractivity contribution in [2.45, 2.75) is 4.90 Å². The smallest absolute Gasteiger partial charge is 1.00 e. The second-order valence-corrected chi connectivity index (χ2v) is 9.84. The summed E-state index contributed by atoms with van der Waals surface area (Å²) in [4.78, 5) is -0.0873. The molecule has 1 N–H and O–H groups in total. The fraction of sp³-hybridized carbons (Fsp3) is 0. The second kappa shape index (κ2) is 10.9. The van der Waals surface area contributed by atoms with Crippen LogP contribution in [0.3, 0.4) is 0 Å². The van der Waals surface area contributed by atoms with Crippen LogP contribution in [0.2, 0.25) is 0 Å². The van der Waals surface area contributed by atoms with E-state index in [0.717, 1.165) is 16.2 Å². The Morgan fingerprint density at radius 3 is 1.59 bits per heavy atom. The minimum absolute atomic E-state index is 0. The predicted molar refractivity (Wildman–Crippen MR) is 161 cm³/mol. The molecule has 5 heteroatoms. The Morgan fingerprint density at radius 2 is 1.03 bits per heavy atom. The number of hydrogen-bond acceptors (Lipinski definition) is 2. The minimum atomic E-state index is -4.31. The maximum atomic E-state index is 11.7. The third kappa shape index (κ3) is 5.04. The molecule has 0 spiro atoms. The van der Waals surface area contributed by atoms with Crippen LogP contribution in [0.15, 0.2) is 121 Å². The molecule has 3 nitrogen and oxygen atoms in total. The van der Waals surface area contributed by atoms with Crippen molar-refractivity contribution in [3.05, 3.63) is 127 Å². The molecule has 6 aromatic rings. The molecule has 0 saturated heterocycles. The molecule has 6 rings (SSSR count). The van der Waals surface area contributed by atoms with Gasteiger partial charge >= 0.3 is 23.1 Å². The van der Waals surface area contributed by atoms with Crippen LogP contribution in [0, 0.1) is 0 Å². The largest absolute Gasteiger partial charge is 2.00 e. The van der Waals surface area contributed by atoms with E-state index < -0.39 is 10.1 Å². The number of fused-ring (bicyclic) bond motifs is 6. The predicted octanol–water partition coefficient (Wildman–Crippen LogP) is 8.36. The first kappa shape index (κ1) is 26.6. The van der Waals surface area contributed by atoms with Gasteiger partial charge in [0.25, 0.3) is 10.1 Å². The van der Waals surface area contributed by atoms with Gasteiger partial charge in [-0.05, 0) is 48.8 Å². The Hall–Kier alpha value is -3.48. The average molecular weight is 515 g/mol. The standard InChI is InChI=1S/C16H12O3S.C16H12.Mg.2H/c1-2-11-7-9-14-13-6-4-3-5-12(13)8-10-15(14)16(11)20(17,18)19;1-2-12-7-5-9-16-14-8-4-3-6-13(14)10-11-15(12)16;;;/h2-10H,1H2,(H,17,18,19);2-11H,1H2;;;/q;;+2;2*-1. The first-order valence-electron chi connectivity index (χ1n) is 11.5. The first-order chi connectivity index (χ1) is 17.4. The first-order valence-corrected chi connectivity index (χ1v) is 12.9. The summed E-state index contributed by atoms with van der Waals surface area (Å²) in [6.45, 7) is 7.46. The Bertz CT molecular complexity index is 1920. The molecule has 0 aliphatic heterocycles. The van der Waals surface area contributed by atoms with Gasteiger partial charge in [-0.3, -0.25) is 4.55 Å². The second-order valence-electron chi connectivity index (χ2n) is 8.48. The van der Waals surface area contributed by atoms with Crippen LogP contribution in [0.5, 0.6) is 0 Å². The monoisotopic (exact) mass is 514 g/mol. The van der Waals surface area contributed by atoms with E-state index in [2.05, 4.69) is 67.8 Å². The fourth-order valence-electron chi connectivity index (χ4n) is 4.77. The van der Waals surface area contributed by atoms with Gasteiger partial charge in [-0.15, -0.1) is 0 Å². The summed E-state index contributed by atoms with van der Waals surface area (Å²) in [5.74, 6) is 0. The molecule has 0 aliphatic carbocycles. The molecule has 6 aromatic carbocycles. The maximum Gasteiger partial charge on any atom is 2.00 e. The summed E-state index contributed by atoms with van der Waals surface area (Å²) >= 11 is 0. The van der Waals surface area contributed by atoms with Crippen LogP contribution in [0.4, 0.5) is 0 Å². The molecule has 37 heavy (non-hydrogen) atoms. The van der Waals surface area contributed by atoms with E-state index in [9.17, 15) is 13.0 Å². The van der Waals surface area contributed by atoms with Gasteiger partial charge in [-0.25, -0.2) is 0 Å². The van der Waals surface area contributed by atoms with Gasteiger partial charge in [-0.1, -0.05) is 128 Å². The number of benzene rings is 6. The molecule has 0 bridgehead atoms. The Labute approximate surface area is 235 Å². The van der Waals surface area contributed by atoms with Crippen molar-refractivity contribution in [3.63, 3.8) is 0 Å². The van der Waals surface area contributed by atoms with Crippen molar-refractivity contribution >= 4 is 88.4 Å². The summed E-state index contributed by atoms with van der Waals surface area (Å²) in [6.07, 6.45) is 3.34. The summed E-state index contributed by atoms with van der Waals surface area (Å²) in [6, 6.07) is 34.0. The van der Waals surface area contributed by atoms with Gasteiger partial charge in [0, 0.05) is 5.39 Å². The van der Waals surface area contributed by atoms with Gasteiger partial charge in [0.2, 0.25) is 0 Å². The topological polar surface area (TPSA) is 54.4 Å². The number of hydrogen-bond donors (Lipinski definition) is 1. The third-order valence-electron chi connectivity index (χ3n) is 6.43. The number of rotatable bonds is 3. The molecule has 0 radical (unpaired) electrons. The average Bonchev–Trinajstić information content (AvgIpc) is 2.91.